The molecule has 0 saturated carbocycles. The molecule has 0 rings (SSSR count). The van der Waals surface area contributed by atoms with Crippen molar-refractivity contribution in [2.45, 2.75) is 44.8 Å². The monoisotopic (exact) mass is 194 g/mol. The molecule has 0 amide bonds. The molecular weight excluding hydrogens is 180 g/mol. The predicted octanol–water partition coefficient (Wildman–Crippen LogP) is 1.67. The van der Waals surface area contributed by atoms with E-state index in [-0.39, 0.29) is 0 Å². The van der Waals surface area contributed by atoms with Gasteiger partial charge in [-0.05, 0) is 13.3 Å². The number of unbranched alkanes of at least 4 members (excludes halogenated alkanes) is 1. The van der Waals surface area contributed by atoms with Crippen molar-refractivity contribution >= 4 is 17.6 Å². The van der Waals surface area contributed by atoms with E-state index in [2.05, 4.69) is 4.74 Å². The van der Waals surface area contributed by atoms with Gasteiger partial charge in [0.2, 0.25) is 0 Å². The minimum Gasteiger partial charge on any atom is -0.444 e. The Balaban J connectivity index is 3.61. The van der Waals surface area contributed by atoms with Gasteiger partial charge in [0.15, 0.2) is 11.7 Å². The molecule has 0 bridgehead atoms. The van der Waals surface area contributed by atoms with E-state index >= 15 is 0 Å². The molecular formula is C8H15ClO3. The van der Waals surface area contributed by atoms with Crippen LogP contribution in [0.25, 0.3) is 0 Å². The summed E-state index contributed by atoms with van der Waals surface area (Å²) in [5.41, 5.74) is -0.672. The van der Waals surface area contributed by atoms with Crippen LogP contribution in [-0.4, -0.2) is 22.7 Å². The Kier molecular flexibility index (Phi) is 6.11. The summed E-state index contributed by atoms with van der Waals surface area (Å²) in [4.78, 5) is 10.9. The van der Waals surface area contributed by atoms with Crippen molar-refractivity contribution in [1.29, 1.82) is 0 Å². The zero-order valence-corrected chi connectivity index (χ0v) is 8.17. The van der Waals surface area contributed by atoms with Gasteiger partial charge >= 0.3 is 5.97 Å². The number of hydrogen-bond donors (Lipinski definition) is 1. The summed E-state index contributed by atoms with van der Waals surface area (Å²) in [5.74, 6) is -0.633. The Morgan fingerprint density at radius 1 is 1.67 bits per heavy atom. The molecule has 0 aliphatic carbocycles. The van der Waals surface area contributed by atoms with E-state index in [1.807, 2.05) is 6.92 Å². The maximum atomic E-state index is 10.9. The number of halogens is 1. The second kappa shape index (κ2) is 6.26. The Labute approximate surface area is 77.7 Å². The van der Waals surface area contributed by atoms with Crippen LogP contribution in [0.15, 0.2) is 0 Å². The second-order valence-electron chi connectivity index (χ2n) is 2.64. The first-order chi connectivity index (χ1) is 5.57. The first-order valence-electron chi connectivity index (χ1n) is 4.10. The minimum atomic E-state index is -1.02. The Bertz CT molecular complexity index is 136. The number of ether oxygens (including phenoxy) is 1. The van der Waals surface area contributed by atoms with E-state index in [1.165, 1.54) is 6.92 Å². The van der Waals surface area contributed by atoms with Gasteiger partial charge in [-0.15, -0.1) is 0 Å². The highest BCUT2D eigenvalue weighted by Crippen LogP contribution is 2.05. The highest BCUT2D eigenvalue weighted by atomic mass is 35.5. The molecule has 0 aromatic heterocycles. The SMILES string of the molecule is CCCCC(O)C(=O)OC(C)Cl. The van der Waals surface area contributed by atoms with E-state index in [9.17, 15) is 4.79 Å². The highest BCUT2D eigenvalue weighted by Gasteiger charge is 2.17. The molecule has 0 aromatic carbocycles. The first-order valence-corrected chi connectivity index (χ1v) is 4.54. The molecule has 4 heteroatoms. The van der Waals surface area contributed by atoms with Gasteiger partial charge in [-0.2, -0.15) is 0 Å². The lowest BCUT2D eigenvalue weighted by molar-refractivity contribution is -0.155. The summed E-state index contributed by atoms with van der Waals surface area (Å²) in [5, 5.41) is 9.16. The van der Waals surface area contributed by atoms with Crippen LogP contribution in [0.1, 0.15) is 33.1 Å². The van der Waals surface area contributed by atoms with Crippen molar-refractivity contribution in [3.05, 3.63) is 0 Å². The van der Waals surface area contributed by atoms with Crippen molar-refractivity contribution in [3.63, 3.8) is 0 Å². The third-order valence-corrected chi connectivity index (χ3v) is 1.47. The first kappa shape index (κ1) is 11.7. The summed E-state index contributed by atoms with van der Waals surface area (Å²) in [6, 6.07) is 0. The van der Waals surface area contributed by atoms with Crippen molar-refractivity contribution in [2.24, 2.45) is 0 Å². The van der Waals surface area contributed by atoms with E-state index in [1.54, 1.807) is 0 Å². The fraction of sp³-hybridized carbons (Fsp3) is 0.875. The molecule has 0 radical (unpaired) electrons. The number of esters is 1. The number of rotatable bonds is 5. The van der Waals surface area contributed by atoms with Crippen LogP contribution in [-0.2, 0) is 9.53 Å². The molecule has 0 aliphatic rings. The lowest BCUT2D eigenvalue weighted by atomic mass is 10.2. The lowest BCUT2D eigenvalue weighted by Gasteiger charge is -2.10. The van der Waals surface area contributed by atoms with Crippen LogP contribution in [0.2, 0.25) is 0 Å². The van der Waals surface area contributed by atoms with E-state index in [0.717, 1.165) is 12.8 Å². The smallest absolute Gasteiger partial charge is 0.336 e. The van der Waals surface area contributed by atoms with Crippen LogP contribution in [0.3, 0.4) is 0 Å². The minimum absolute atomic E-state index is 0.443. The molecule has 3 nitrogen and oxygen atoms in total. The maximum Gasteiger partial charge on any atom is 0.336 e. The van der Waals surface area contributed by atoms with Crippen molar-refractivity contribution < 1.29 is 14.6 Å². The second-order valence-corrected chi connectivity index (χ2v) is 3.25. The van der Waals surface area contributed by atoms with E-state index in [0.29, 0.717) is 6.42 Å². The highest BCUT2D eigenvalue weighted by molar-refractivity contribution is 6.20. The van der Waals surface area contributed by atoms with Crippen molar-refractivity contribution in [2.75, 3.05) is 0 Å². The summed E-state index contributed by atoms with van der Waals surface area (Å²) < 4.78 is 4.59. The fourth-order valence-electron chi connectivity index (χ4n) is 0.754. The van der Waals surface area contributed by atoms with Crippen LogP contribution in [0.4, 0.5) is 0 Å². The molecule has 12 heavy (non-hydrogen) atoms. The molecule has 1 N–H and O–H groups in total. The molecule has 0 spiro atoms. The zero-order valence-electron chi connectivity index (χ0n) is 7.42. The largest absolute Gasteiger partial charge is 0.444 e. The normalized spacial score (nSPS) is 15.3. The number of carbonyl (C=O) groups is 1. The van der Waals surface area contributed by atoms with Gasteiger partial charge in [-0.3, -0.25) is 0 Å². The Morgan fingerprint density at radius 3 is 2.67 bits per heavy atom. The molecule has 0 aliphatic heterocycles. The molecule has 0 aromatic rings. The Hall–Kier alpha value is -0.280. The number of carbonyl (C=O) groups excluding carboxylic acids is 1. The van der Waals surface area contributed by atoms with Gasteiger partial charge in [0.05, 0.1) is 0 Å². The predicted molar refractivity (Wildman–Crippen MR) is 46.9 cm³/mol. The quantitative estimate of drug-likeness (QED) is 0.535. The van der Waals surface area contributed by atoms with Crippen molar-refractivity contribution in [3.8, 4) is 0 Å². The number of alkyl halides is 1. The molecule has 72 valence electrons. The maximum absolute atomic E-state index is 10.9. The zero-order chi connectivity index (χ0) is 9.56. The number of aliphatic hydroxyl groups is 1. The summed E-state index contributed by atoms with van der Waals surface area (Å²) in [7, 11) is 0. The number of aliphatic hydroxyl groups excluding tert-OH is 1. The van der Waals surface area contributed by atoms with Crippen LogP contribution < -0.4 is 0 Å². The molecule has 2 atom stereocenters. The van der Waals surface area contributed by atoms with Gasteiger partial charge in [0.1, 0.15) is 0 Å². The lowest BCUT2D eigenvalue weighted by Crippen LogP contribution is -2.24. The van der Waals surface area contributed by atoms with Gasteiger partial charge in [0, 0.05) is 0 Å². The molecule has 0 heterocycles. The third-order valence-electron chi connectivity index (χ3n) is 1.38. The molecule has 0 saturated heterocycles. The van der Waals surface area contributed by atoms with Gasteiger partial charge in [-0.1, -0.05) is 31.4 Å². The number of hydrogen-bond acceptors (Lipinski definition) is 3. The van der Waals surface area contributed by atoms with Gasteiger partial charge in [-0.25, -0.2) is 4.79 Å². The molecule has 2 unspecified atom stereocenters. The van der Waals surface area contributed by atoms with E-state index in [4.69, 9.17) is 16.7 Å². The van der Waals surface area contributed by atoms with Gasteiger partial charge in [0.25, 0.3) is 0 Å². The summed E-state index contributed by atoms with van der Waals surface area (Å²) >= 11 is 5.40. The fourth-order valence-corrected chi connectivity index (χ4v) is 0.842. The third kappa shape index (κ3) is 5.38. The van der Waals surface area contributed by atoms with Crippen LogP contribution in [0.5, 0.6) is 0 Å². The van der Waals surface area contributed by atoms with Crippen molar-refractivity contribution in [1.82, 2.24) is 0 Å². The summed E-state index contributed by atoms with van der Waals surface area (Å²) in [6.45, 7) is 3.52. The van der Waals surface area contributed by atoms with Gasteiger partial charge < -0.3 is 9.84 Å². The van der Waals surface area contributed by atoms with Crippen LogP contribution >= 0.6 is 11.6 Å². The average Bonchev–Trinajstić information content (AvgIpc) is 1.98. The molecule has 0 fully saturated rings. The summed E-state index contributed by atoms with van der Waals surface area (Å²) in [6.07, 6.45) is 1.18. The average molecular weight is 195 g/mol. The van der Waals surface area contributed by atoms with Crippen LogP contribution in [0, 0.1) is 0 Å². The topological polar surface area (TPSA) is 46.5 Å². The van der Waals surface area contributed by atoms with E-state index < -0.39 is 17.6 Å². The standard InChI is InChI=1S/C8H15ClO3/c1-3-4-5-7(10)8(11)12-6(2)9/h6-7,10H,3-5H2,1-2H3. The Morgan fingerprint density at radius 2 is 2.25 bits per heavy atom.